The summed E-state index contributed by atoms with van der Waals surface area (Å²) >= 11 is 5.23. The Labute approximate surface area is 170 Å². The second-order valence-corrected chi connectivity index (χ2v) is 6.87. The molecule has 1 aliphatic rings. The standard InChI is InChI=1S/C20H27N3O4S/c1-15-26-14-16(9-5-2-3-8-12-19(24)25)18(27-15)13-21-23-20(28)22-17-10-6-4-7-11-17/h2,4-7,10-11,13,15-16,18H,3,8-9,12,14H2,1H3,(H,24,25)(H2,22,23,28)/b5-2-,21-13+/t15-,16+,18+/m1/s1. The zero-order valence-corrected chi connectivity index (χ0v) is 16.7. The number of thiocarbonyl (C=S) groups is 1. The molecule has 0 spiro atoms. The van der Waals surface area contributed by atoms with Crippen molar-refractivity contribution in [3.63, 3.8) is 0 Å². The molecule has 3 N–H and O–H groups in total. The molecule has 3 atom stereocenters. The van der Waals surface area contributed by atoms with Crippen molar-refractivity contribution in [2.75, 3.05) is 11.9 Å². The predicted molar refractivity (Wildman–Crippen MR) is 113 cm³/mol. The summed E-state index contributed by atoms with van der Waals surface area (Å²) in [5.74, 6) is -0.631. The third-order valence-electron chi connectivity index (χ3n) is 4.14. The Morgan fingerprint density at radius 3 is 2.89 bits per heavy atom. The summed E-state index contributed by atoms with van der Waals surface area (Å²) in [5, 5.41) is 16.3. The van der Waals surface area contributed by atoms with Gasteiger partial charge in [0.15, 0.2) is 11.4 Å². The van der Waals surface area contributed by atoms with Gasteiger partial charge in [-0.1, -0.05) is 30.4 Å². The fourth-order valence-corrected chi connectivity index (χ4v) is 2.87. The molecule has 0 bridgehead atoms. The van der Waals surface area contributed by atoms with Gasteiger partial charge in [0.05, 0.1) is 12.8 Å². The van der Waals surface area contributed by atoms with Crippen LogP contribution in [0.5, 0.6) is 0 Å². The first-order valence-corrected chi connectivity index (χ1v) is 9.74. The maximum atomic E-state index is 10.5. The molecular formula is C20H27N3O4S. The third-order valence-corrected chi connectivity index (χ3v) is 4.34. The lowest BCUT2D eigenvalue weighted by molar-refractivity contribution is -0.206. The van der Waals surface area contributed by atoms with Crippen LogP contribution in [0.4, 0.5) is 5.69 Å². The number of nitrogens with one attached hydrogen (secondary N) is 2. The largest absolute Gasteiger partial charge is 0.481 e. The van der Waals surface area contributed by atoms with Crippen molar-refractivity contribution in [2.24, 2.45) is 11.0 Å². The summed E-state index contributed by atoms with van der Waals surface area (Å²) < 4.78 is 11.4. The lowest BCUT2D eigenvalue weighted by Crippen LogP contribution is -2.40. The molecule has 0 amide bonds. The van der Waals surface area contributed by atoms with E-state index in [4.69, 9.17) is 26.8 Å². The van der Waals surface area contributed by atoms with Gasteiger partial charge >= 0.3 is 5.97 Å². The van der Waals surface area contributed by atoms with Crippen LogP contribution in [0.15, 0.2) is 47.6 Å². The normalized spacial score (nSPS) is 22.4. The van der Waals surface area contributed by atoms with Crippen LogP contribution < -0.4 is 10.7 Å². The van der Waals surface area contributed by atoms with Gasteiger partial charge in [-0.15, -0.1) is 0 Å². The van der Waals surface area contributed by atoms with Gasteiger partial charge in [-0.05, 0) is 50.5 Å². The second kappa shape index (κ2) is 12.2. The zero-order chi connectivity index (χ0) is 20.2. The smallest absolute Gasteiger partial charge is 0.303 e. The van der Waals surface area contributed by atoms with Crippen LogP contribution in [0.3, 0.4) is 0 Å². The van der Waals surface area contributed by atoms with Crippen molar-refractivity contribution in [1.29, 1.82) is 0 Å². The van der Waals surface area contributed by atoms with Crippen molar-refractivity contribution in [2.45, 2.75) is 45.0 Å². The minimum atomic E-state index is -0.764. The molecule has 28 heavy (non-hydrogen) atoms. The van der Waals surface area contributed by atoms with Crippen LogP contribution in [0.25, 0.3) is 0 Å². The molecule has 1 aromatic carbocycles. The Kier molecular flexibility index (Phi) is 9.61. The molecule has 0 unspecified atom stereocenters. The highest BCUT2D eigenvalue weighted by molar-refractivity contribution is 7.80. The van der Waals surface area contributed by atoms with E-state index in [9.17, 15) is 4.79 Å². The van der Waals surface area contributed by atoms with E-state index >= 15 is 0 Å². The number of rotatable bonds is 9. The van der Waals surface area contributed by atoms with Gasteiger partial charge < -0.3 is 19.9 Å². The van der Waals surface area contributed by atoms with Crippen molar-refractivity contribution in [3.8, 4) is 0 Å². The van der Waals surface area contributed by atoms with Crippen LogP contribution in [0.1, 0.15) is 32.6 Å². The van der Waals surface area contributed by atoms with E-state index in [0.29, 0.717) is 18.1 Å². The molecule has 1 saturated heterocycles. The number of unbranched alkanes of at least 4 members (excludes halogenated alkanes) is 1. The number of carboxylic acids is 1. The molecule has 2 rings (SSSR count). The van der Waals surface area contributed by atoms with Crippen LogP contribution in [-0.2, 0) is 14.3 Å². The fourth-order valence-electron chi connectivity index (χ4n) is 2.69. The molecule has 0 aromatic heterocycles. The molecule has 1 heterocycles. The molecule has 1 aliphatic heterocycles. The summed E-state index contributed by atoms with van der Waals surface area (Å²) in [5.41, 5.74) is 3.69. The minimum absolute atomic E-state index is 0.133. The number of para-hydroxylation sites is 1. The van der Waals surface area contributed by atoms with Gasteiger partial charge in [-0.2, -0.15) is 5.10 Å². The maximum absolute atomic E-state index is 10.5. The lowest BCUT2D eigenvalue weighted by Gasteiger charge is -2.32. The highest BCUT2D eigenvalue weighted by Crippen LogP contribution is 2.21. The number of hydrogen-bond acceptors (Lipinski definition) is 5. The van der Waals surface area contributed by atoms with Crippen molar-refractivity contribution < 1.29 is 19.4 Å². The summed E-state index contributed by atoms with van der Waals surface area (Å²) in [7, 11) is 0. The first kappa shape index (κ1) is 22.0. The van der Waals surface area contributed by atoms with Crippen molar-refractivity contribution >= 4 is 35.2 Å². The summed E-state index contributed by atoms with van der Waals surface area (Å²) in [6.07, 6.45) is 7.62. The van der Waals surface area contributed by atoms with E-state index in [1.807, 2.05) is 49.4 Å². The number of allylic oxidation sites excluding steroid dienone is 2. The molecule has 8 heteroatoms. The molecule has 0 aliphatic carbocycles. The fraction of sp³-hybridized carbons (Fsp3) is 0.450. The highest BCUT2D eigenvalue weighted by atomic mass is 32.1. The van der Waals surface area contributed by atoms with Gasteiger partial charge in [-0.3, -0.25) is 10.2 Å². The molecular weight excluding hydrogens is 378 g/mol. The minimum Gasteiger partial charge on any atom is -0.481 e. The van der Waals surface area contributed by atoms with E-state index in [1.165, 1.54) is 0 Å². The van der Waals surface area contributed by atoms with Gasteiger partial charge in [0, 0.05) is 18.0 Å². The van der Waals surface area contributed by atoms with Crippen LogP contribution in [0, 0.1) is 5.92 Å². The topological polar surface area (TPSA) is 92.2 Å². The number of hydrazone groups is 1. The van der Waals surface area contributed by atoms with Crippen LogP contribution >= 0.6 is 12.2 Å². The molecule has 0 saturated carbocycles. The molecule has 1 aromatic rings. The van der Waals surface area contributed by atoms with E-state index in [-0.39, 0.29) is 24.7 Å². The predicted octanol–water partition coefficient (Wildman–Crippen LogP) is 3.54. The zero-order valence-electron chi connectivity index (χ0n) is 15.9. The lowest BCUT2D eigenvalue weighted by atomic mass is 9.98. The van der Waals surface area contributed by atoms with E-state index in [0.717, 1.165) is 18.5 Å². The summed E-state index contributed by atoms with van der Waals surface area (Å²) in [6.45, 7) is 2.43. The van der Waals surface area contributed by atoms with E-state index in [1.54, 1.807) is 6.21 Å². The monoisotopic (exact) mass is 405 g/mol. The SMILES string of the molecule is C[C@@H]1OC[C@H](C/C=C\CCCC(=O)O)[C@H](/C=N/NC(=S)Nc2ccccc2)O1. The van der Waals surface area contributed by atoms with Crippen molar-refractivity contribution in [3.05, 3.63) is 42.5 Å². The number of ether oxygens (including phenoxy) is 2. The molecule has 152 valence electrons. The number of carbonyl (C=O) groups is 1. The Bertz CT molecular complexity index is 681. The van der Waals surface area contributed by atoms with E-state index in [2.05, 4.69) is 15.8 Å². The number of carboxylic acid groups (broad SMARTS) is 1. The average Bonchev–Trinajstić information content (AvgIpc) is 2.66. The number of anilines is 1. The first-order valence-electron chi connectivity index (χ1n) is 9.33. The van der Waals surface area contributed by atoms with Crippen LogP contribution in [0.2, 0.25) is 0 Å². The molecule has 0 radical (unpaired) electrons. The Balaban J connectivity index is 1.78. The quantitative estimate of drug-likeness (QED) is 0.190. The molecule has 7 nitrogen and oxygen atoms in total. The summed E-state index contributed by atoms with van der Waals surface area (Å²) in [4.78, 5) is 10.5. The third kappa shape index (κ3) is 8.60. The highest BCUT2D eigenvalue weighted by Gasteiger charge is 2.28. The van der Waals surface area contributed by atoms with Gasteiger partial charge in [0.2, 0.25) is 0 Å². The van der Waals surface area contributed by atoms with Gasteiger partial charge in [0.1, 0.15) is 6.10 Å². The number of aliphatic carboxylic acids is 1. The van der Waals surface area contributed by atoms with Crippen LogP contribution in [-0.4, -0.2) is 41.4 Å². The van der Waals surface area contributed by atoms with Crippen molar-refractivity contribution in [1.82, 2.24) is 5.43 Å². The number of nitrogens with zero attached hydrogens (tertiary/aromatic N) is 1. The Hall–Kier alpha value is -2.29. The second-order valence-electron chi connectivity index (χ2n) is 6.46. The van der Waals surface area contributed by atoms with Gasteiger partial charge in [-0.25, -0.2) is 0 Å². The average molecular weight is 406 g/mol. The first-order chi connectivity index (χ1) is 13.5. The summed E-state index contributed by atoms with van der Waals surface area (Å²) in [6, 6.07) is 9.61. The Morgan fingerprint density at radius 2 is 2.14 bits per heavy atom. The Morgan fingerprint density at radius 1 is 1.36 bits per heavy atom. The van der Waals surface area contributed by atoms with Gasteiger partial charge in [0.25, 0.3) is 0 Å². The van der Waals surface area contributed by atoms with E-state index < -0.39 is 5.97 Å². The molecule has 1 fully saturated rings. The maximum Gasteiger partial charge on any atom is 0.303 e. The number of benzene rings is 1. The number of hydrogen-bond donors (Lipinski definition) is 3.